The molecule has 0 amide bonds. The summed E-state index contributed by atoms with van der Waals surface area (Å²) in [4.78, 5) is 0. The van der Waals surface area contributed by atoms with E-state index in [4.69, 9.17) is 27.6 Å². The summed E-state index contributed by atoms with van der Waals surface area (Å²) in [5, 5.41) is 4.58. The van der Waals surface area contributed by atoms with Gasteiger partial charge in [0.2, 0.25) is 0 Å². The molecule has 0 spiro atoms. The van der Waals surface area contributed by atoms with Gasteiger partial charge in [0.25, 0.3) is 0 Å². The quantitative estimate of drug-likeness (QED) is 0.861. The van der Waals surface area contributed by atoms with E-state index in [0.717, 1.165) is 23.6 Å². The summed E-state index contributed by atoms with van der Waals surface area (Å²) in [6.07, 6.45) is 0. The molecule has 0 radical (unpaired) electrons. The van der Waals surface area contributed by atoms with Gasteiger partial charge in [-0.25, -0.2) is 0 Å². The predicted octanol–water partition coefficient (Wildman–Crippen LogP) is 4.92. The summed E-state index contributed by atoms with van der Waals surface area (Å²) in [6, 6.07) is 9.40. The summed E-state index contributed by atoms with van der Waals surface area (Å²) >= 11 is 12.1. The van der Waals surface area contributed by atoms with E-state index in [2.05, 4.69) is 19.2 Å². The Morgan fingerprint density at radius 2 is 2.00 bits per heavy atom. The number of nitrogens with one attached hydrogen (secondary N) is 1. The largest absolute Gasteiger partial charge is 0.459 e. The summed E-state index contributed by atoms with van der Waals surface area (Å²) in [5.41, 5.74) is 0.819. The molecule has 96 valence electrons. The molecule has 0 aliphatic rings. The van der Waals surface area contributed by atoms with Gasteiger partial charge in [0, 0.05) is 10.6 Å². The molecule has 1 atom stereocenters. The van der Waals surface area contributed by atoms with Gasteiger partial charge in [0.15, 0.2) is 0 Å². The molecular weight excluding hydrogens is 269 g/mol. The van der Waals surface area contributed by atoms with Gasteiger partial charge in [0.05, 0.1) is 11.1 Å². The van der Waals surface area contributed by atoms with E-state index in [-0.39, 0.29) is 6.04 Å². The smallest absolute Gasteiger partial charge is 0.135 e. The lowest BCUT2D eigenvalue weighted by Crippen LogP contribution is -2.16. The molecule has 0 fully saturated rings. The first-order valence-corrected chi connectivity index (χ1v) is 6.66. The molecule has 0 bridgehead atoms. The molecule has 2 nitrogen and oxygen atoms in total. The molecule has 1 aromatic carbocycles. The van der Waals surface area contributed by atoms with Crippen LogP contribution in [0.5, 0.6) is 0 Å². The van der Waals surface area contributed by atoms with Gasteiger partial charge in [-0.05, 0) is 43.8 Å². The molecule has 0 saturated carbocycles. The lowest BCUT2D eigenvalue weighted by Gasteiger charge is -2.08. The van der Waals surface area contributed by atoms with Crippen LogP contribution in [0.2, 0.25) is 10.0 Å². The predicted molar refractivity (Wildman–Crippen MR) is 76.3 cm³/mol. The third-order valence-electron chi connectivity index (χ3n) is 2.76. The van der Waals surface area contributed by atoms with E-state index in [9.17, 15) is 0 Å². The maximum atomic E-state index is 6.15. The lowest BCUT2D eigenvalue weighted by atomic mass is 10.2. The molecule has 0 saturated heterocycles. The Balaban J connectivity index is 2.32. The number of hydrogen-bond donors (Lipinski definition) is 1. The molecule has 1 N–H and O–H groups in total. The zero-order chi connectivity index (χ0) is 13.1. The van der Waals surface area contributed by atoms with Gasteiger partial charge in [0.1, 0.15) is 11.5 Å². The van der Waals surface area contributed by atoms with Gasteiger partial charge in [-0.1, -0.05) is 30.1 Å². The van der Waals surface area contributed by atoms with Crippen LogP contribution in [0.15, 0.2) is 34.7 Å². The topological polar surface area (TPSA) is 25.2 Å². The molecule has 1 unspecified atom stereocenters. The number of rotatable bonds is 4. The highest BCUT2D eigenvalue weighted by atomic mass is 35.5. The highest BCUT2D eigenvalue weighted by Gasteiger charge is 2.12. The molecule has 0 aliphatic heterocycles. The Bertz CT molecular complexity index is 536. The summed E-state index contributed by atoms with van der Waals surface area (Å²) in [5.74, 6) is 1.63. The summed E-state index contributed by atoms with van der Waals surface area (Å²) in [6.45, 7) is 5.02. The van der Waals surface area contributed by atoms with Crippen molar-refractivity contribution in [3.63, 3.8) is 0 Å². The second-order valence-corrected chi connectivity index (χ2v) is 4.95. The van der Waals surface area contributed by atoms with E-state index in [0.29, 0.717) is 10.0 Å². The van der Waals surface area contributed by atoms with Crippen LogP contribution in [0.4, 0.5) is 0 Å². The maximum absolute atomic E-state index is 6.15. The van der Waals surface area contributed by atoms with Gasteiger partial charge in [-0.3, -0.25) is 0 Å². The normalized spacial score (nSPS) is 12.7. The van der Waals surface area contributed by atoms with E-state index in [1.54, 1.807) is 12.1 Å². The number of hydrogen-bond acceptors (Lipinski definition) is 2. The fourth-order valence-corrected chi connectivity index (χ4v) is 2.21. The maximum Gasteiger partial charge on any atom is 0.135 e. The van der Waals surface area contributed by atoms with Crippen molar-refractivity contribution >= 4 is 23.2 Å². The van der Waals surface area contributed by atoms with E-state index >= 15 is 0 Å². The molecule has 0 aliphatic carbocycles. The van der Waals surface area contributed by atoms with Gasteiger partial charge < -0.3 is 9.73 Å². The fourth-order valence-electron chi connectivity index (χ4n) is 1.82. The van der Waals surface area contributed by atoms with Crippen LogP contribution in [0, 0.1) is 0 Å². The van der Waals surface area contributed by atoms with Crippen molar-refractivity contribution in [2.45, 2.75) is 19.9 Å². The Labute approximate surface area is 117 Å². The van der Waals surface area contributed by atoms with Crippen molar-refractivity contribution in [1.82, 2.24) is 5.32 Å². The average Bonchev–Trinajstić information content (AvgIpc) is 2.82. The number of halogens is 2. The summed E-state index contributed by atoms with van der Waals surface area (Å²) in [7, 11) is 0. The molecule has 2 aromatic rings. The fraction of sp³-hybridized carbons (Fsp3) is 0.286. The minimum Gasteiger partial charge on any atom is -0.459 e. The van der Waals surface area contributed by atoms with Crippen LogP contribution in [0.3, 0.4) is 0 Å². The second-order valence-electron chi connectivity index (χ2n) is 4.11. The molecule has 4 heteroatoms. The van der Waals surface area contributed by atoms with Gasteiger partial charge >= 0.3 is 0 Å². The van der Waals surface area contributed by atoms with Crippen LogP contribution in [0.1, 0.15) is 25.6 Å². The third kappa shape index (κ3) is 2.89. The standard InChI is InChI=1S/C14H15Cl2NO/c1-3-17-9(2)13-6-7-14(18-13)11-8-10(15)4-5-12(11)16/h4-9,17H,3H2,1-2H3. The monoisotopic (exact) mass is 283 g/mol. The van der Waals surface area contributed by atoms with E-state index in [1.807, 2.05) is 18.2 Å². The SMILES string of the molecule is CCNC(C)c1ccc(-c2cc(Cl)ccc2Cl)o1. The van der Waals surface area contributed by atoms with Crippen molar-refractivity contribution in [3.05, 3.63) is 46.1 Å². The van der Waals surface area contributed by atoms with Crippen molar-refractivity contribution in [2.75, 3.05) is 6.54 Å². The molecule has 18 heavy (non-hydrogen) atoms. The first-order valence-electron chi connectivity index (χ1n) is 5.90. The van der Waals surface area contributed by atoms with Crippen LogP contribution in [-0.2, 0) is 0 Å². The van der Waals surface area contributed by atoms with E-state index < -0.39 is 0 Å². The van der Waals surface area contributed by atoms with Gasteiger partial charge in [-0.2, -0.15) is 0 Å². The molecule has 2 rings (SSSR count). The first-order chi connectivity index (χ1) is 8.61. The van der Waals surface area contributed by atoms with Crippen LogP contribution >= 0.6 is 23.2 Å². The van der Waals surface area contributed by atoms with Crippen LogP contribution in [0.25, 0.3) is 11.3 Å². The minimum atomic E-state index is 0.182. The zero-order valence-electron chi connectivity index (χ0n) is 10.3. The first kappa shape index (κ1) is 13.5. The highest BCUT2D eigenvalue weighted by molar-refractivity contribution is 6.35. The van der Waals surface area contributed by atoms with Crippen molar-refractivity contribution in [3.8, 4) is 11.3 Å². The Kier molecular flexibility index (Phi) is 4.33. The van der Waals surface area contributed by atoms with Crippen LogP contribution < -0.4 is 5.32 Å². The number of furan rings is 1. The third-order valence-corrected chi connectivity index (χ3v) is 3.32. The zero-order valence-corrected chi connectivity index (χ0v) is 11.8. The summed E-state index contributed by atoms with van der Waals surface area (Å²) < 4.78 is 5.81. The molecule has 1 heterocycles. The second kappa shape index (κ2) is 5.79. The van der Waals surface area contributed by atoms with Gasteiger partial charge in [-0.15, -0.1) is 0 Å². The molecular formula is C14H15Cl2NO. The van der Waals surface area contributed by atoms with Crippen molar-refractivity contribution in [1.29, 1.82) is 0 Å². The van der Waals surface area contributed by atoms with Crippen molar-refractivity contribution in [2.24, 2.45) is 0 Å². The Hall–Kier alpha value is -0.960. The van der Waals surface area contributed by atoms with Crippen molar-refractivity contribution < 1.29 is 4.42 Å². The number of benzene rings is 1. The van der Waals surface area contributed by atoms with E-state index in [1.165, 1.54) is 0 Å². The molecule has 1 aromatic heterocycles. The highest BCUT2D eigenvalue weighted by Crippen LogP contribution is 2.32. The lowest BCUT2D eigenvalue weighted by molar-refractivity contribution is 0.445. The average molecular weight is 284 g/mol. The minimum absolute atomic E-state index is 0.182. The Morgan fingerprint density at radius 3 is 2.72 bits per heavy atom. The van der Waals surface area contributed by atoms with Crippen LogP contribution in [-0.4, -0.2) is 6.54 Å². The Morgan fingerprint density at radius 1 is 1.22 bits per heavy atom.